The lowest BCUT2D eigenvalue weighted by Gasteiger charge is -2.08. The van der Waals surface area contributed by atoms with Gasteiger partial charge >= 0.3 is 0 Å². The smallest absolute Gasteiger partial charge is 0.256 e. The minimum Gasteiger partial charge on any atom is -0.392 e. The maximum absolute atomic E-state index is 11.8. The molecule has 0 radical (unpaired) electrons. The number of hydrogen-bond acceptors (Lipinski definition) is 4. The first-order valence-corrected chi connectivity index (χ1v) is 5.36. The number of rotatable bonds is 4. The van der Waals surface area contributed by atoms with Crippen molar-refractivity contribution in [2.45, 2.75) is 39.7 Å². The Morgan fingerprint density at radius 2 is 2.12 bits per heavy atom. The van der Waals surface area contributed by atoms with Crippen molar-refractivity contribution in [2.24, 2.45) is 0 Å². The number of amides is 1. The van der Waals surface area contributed by atoms with E-state index in [0.717, 1.165) is 0 Å². The molecule has 0 aliphatic rings. The highest BCUT2D eigenvalue weighted by atomic mass is 16.5. The summed E-state index contributed by atoms with van der Waals surface area (Å²) in [5, 5.41) is 15.5. The van der Waals surface area contributed by atoms with Gasteiger partial charge in [0.1, 0.15) is 5.56 Å². The van der Waals surface area contributed by atoms with Crippen LogP contribution in [0.25, 0.3) is 0 Å². The van der Waals surface area contributed by atoms with Gasteiger partial charge in [0, 0.05) is 12.5 Å². The largest absolute Gasteiger partial charge is 0.392 e. The molecule has 1 aromatic heterocycles. The fraction of sp³-hybridized carbons (Fsp3) is 0.636. The van der Waals surface area contributed by atoms with E-state index in [4.69, 9.17) is 9.63 Å². The van der Waals surface area contributed by atoms with Gasteiger partial charge in [-0.05, 0) is 13.8 Å². The van der Waals surface area contributed by atoms with Crippen LogP contribution in [-0.2, 0) is 0 Å². The molecule has 1 rings (SSSR count). The van der Waals surface area contributed by atoms with Crippen LogP contribution in [0.5, 0.6) is 0 Å². The van der Waals surface area contributed by atoms with Gasteiger partial charge in [0.15, 0.2) is 5.76 Å². The minimum absolute atomic E-state index is 0.105. The molecule has 0 aliphatic heterocycles. The number of aromatic nitrogens is 1. The maximum atomic E-state index is 11.8. The first kappa shape index (κ1) is 12.7. The van der Waals surface area contributed by atoms with E-state index in [9.17, 15) is 4.79 Å². The average molecular weight is 226 g/mol. The van der Waals surface area contributed by atoms with Gasteiger partial charge in [0.2, 0.25) is 0 Å². The topological polar surface area (TPSA) is 75.4 Å². The Balaban J connectivity index is 2.85. The molecule has 0 aromatic carbocycles. The fourth-order valence-corrected chi connectivity index (χ4v) is 1.39. The van der Waals surface area contributed by atoms with Crippen molar-refractivity contribution in [1.29, 1.82) is 0 Å². The Bertz CT molecular complexity index is 369. The zero-order valence-electron chi connectivity index (χ0n) is 10.1. The molecule has 90 valence electrons. The lowest BCUT2D eigenvalue weighted by molar-refractivity contribution is 0.0921. The zero-order chi connectivity index (χ0) is 12.3. The van der Waals surface area contributed by atoms with Crippen molar-refractivity contribution in [3.8, 4) is 0 Å². The number of aryl methyl sites for hydroxylation is 1. The third kappa shape index (κ3) is 2.82. The normalized spacial score (nSPS) is 12.9. The molecule has 1 aromatic rings. The Labute approximate surface area is 94.8 Å². The van der Waals surface area contributed by atoms with E-state index in [1.54, 1.807) is 13.8 Å². The average Bonchev–Trinajstić information content (AvgIpc) is 2.56. The van der Waals surface area contributed by atoms with E-state index in [1.165, 1.54) is 0 Å². The standard InChI is InChI=1S/C11H18N2O3/c1-6(2)10-9(8(4)13-16-10)11(15)12-5-7(3)14/h6-7,14H,5H2,1-4H3,(H,12,15)/t7-/m1/s1. The molecular formula is C11H18N2O3. The van der Waals surface area contributed by atoms with Gasteiger partial charge in [-0.15, -0.1) is 0 Å². The van der Waals surface area contributed by atoms with Crippen molar-refractivity contribution in [3.05, 3.63) is 17.0 Å². The molecule has 16 heavy (non-hydrogen) atoms. The fourth-order valence-electron chi connectivity index (χ4n) is 1.39. The van der Waals surface area contributed by atoms with E-state index in [-0.39, 0.29) is 18.4 Å². The van der Waals surface area contributed by atoms with Crippen LogP contribution >= 0.6 is 0 Å². The third-order valence-corrected chi connectivity index (χ3v) is 2.20. The number of nitrogens with zero attached hydrogens (tertiary/aromatic N) is 1. The highest BCUT2D eigenvalue weighted by Crippen LogP contribution is 2.21. The number of aliphatic hydroxyl groups excluding tert-OH is 1. The number of aliphatic hydroxyl groups is 1. The number of hydrogen-bond donors (Lipinski definition) is 2. The van der Waals surface area contributed by atoms with Gasteiger partial charge in [0.25, 0.3) is 5.91 Å². The van der Waals surface area contributed by atoms with Crippen LogP contribution in [0.1, 0.15) is 48.5 Å². The molecule has 1 atom stereocenters. The Morgan fingerprint density at radius 3 is 2.62 bits per heavy atom. The zero-order valence-corrected chi connectivity index (χ0v) is 10.1. The lowest BCUT2D eigenvalue weighted by Crippen LogP contribution is -2.31. The summed E-state index contributed by atoms with van der Waals surface area (Å²) in [7, 11) is 0. The predicted octanol–water partition coefficient (Wildman–Crippen LogP) is 1.22. The quantitative estimate of drug-likeness (QED) is 0.809. The number of carbonyl (C=O) groups is 1. The summed E-state index contributed by atoms with van der Waals surface area (Å²) in [6.07, 6.45) is -0.563. The molecule has 1 amide bonds. The minimum atomic E-state index is -0.563. The van der Waals surface area contributed by atoms with Gasteiger partial charge in [0.05, 0.1) is 11.8 Å². The summed E-state index contributed by atoms with van der Waals surface area (Å²) < 4.78 is 5.11. The molecular weight excluding hydrogens is 208 g/mol. The molecule has 0 saturated carbocycles. The van der Waals surface area contributed by atoms with E-state index in [0.29, 0.717) is 17.0 Å². The highest BCUT2D eigenvalue weighted by molar-refractivity contribution is 5.96. The van der Waals surface area contributed by atoms with Crippen LogP contribution in [0.15, 0.2) is 4.52 Å². The summed E-state index contributed by atoms with van der Waals surface area (Å²) in [6.45, 7) is 7.44. The van der Waals surface area contributed by atoms with Crippen molar-refractivity contribution < 1.29 is 14.4 Å². The van der Waals surface area contributed by atoms with Crippen molar-refractivity contribution in [2.75, 3.05) is 6.54 Å². The van der Waals surface area contributed by atoms with Crippen LogP contribution < -0.4 is 5.32 Å². The second-order valence-corrected chi connectivity index (χ2v) is 4.22. The van der Waals surface area contributed by atoms with Crippen LogP contribution in [0.4, 0.5) is 0 Å². The third-order valence-electron chi connectivity index (χ3n) is 2.20. The van der Waals surface area contributed by atoms with Crippen LogP contribution in [0, 0.1) is 6.92 Å². The SMILES string of the molecule is Cc1noc(C(C)C)c1C(=O)NC[C@@H](C)O. The Hall–Kier alpha value is -1.36. The molecule has 2 N–H and O–H groups in total. The van der Waals surface area contributed by atoms with Gasteiger partial charge in [-0.1, -0.05) is 19.0 Å². The first-order chi connectivity index (χ1) is 7.43. The van der Waals surface area contributed by atoms with Crippen LogP contribution in [0.3, 0.4) is 0 Å². The van der Waals surface area contributed by atoms with Gasteiger partial charge in [-0.2, -0.15) is 0 Å². The summed E-state index contributed by atoms with van der Waals surface area (Å²) >= 11 is 0. The van der Waals surface area contributed by atoms with Gasteiger partial charge < -0.3 is 14.9 Å². The molecule has 0 unspecified atom stereocenters. The second-order valence-electron chi connectivity index (χ2n) is 4.22. The summed E-state index contributed by atoms with van der Waals surface area (Å²) in [6, 6.07) is 0. The molecule has 5 heteroatoms. The summed E-state index contributed by atoms with van der Waals surface area (Å²) in [4.78, 5) is 11.8. The maximum Gasteiger partial charge on any atom is 0.256 e. The van der Waals surface area contributed by atoms with Crippen LogP contribution in [-0.4, -0.2) is 28.8 Å². The molecule has 0 fully saturated rings. The van der Waals surface area contributed by atoms with Gasteiger partial charge in [-0.25, -0.2) is 0 Å². The van der Waals surface area contributed by atoms with Crippen molar-refractivity contribution in [3.63, 3.8) is 0 Å². The van der Waals surface area contributed by atoms with Crippen molar-refractivity contribution in [1.82, 2.24) is 10.5 Å². The second kappa shape index (κ2) is 5.12. The molecule has 0 bridgehead atoms. The molecule has 0 spiro atoms. The van der Waals surface area contributed by atoms with E-state index >= 15 is 0 Å². The monoisotopic (exact) mass is 226 g/mol. The summed E-state index contributed by atoms with van der Waals surface area (Å²) in [5.74, 6) is 0.442. The first-order valence-electron chi connectivity index (χ1n) is 5.36. The Morgan fingerprint density at radius 1 is 1.50 bits per heavy atom. The highest BCUT2D eigenvalue weighted by Gasteiger charge is 2.22. The van der Waals surface area contributed by atoms with Gasteiger partial charge in [-0.3, -0.25) is 4.79 Å². The van der Waals surface area contributed by atoms with E-state index < -0.39 is 6.10 Å². The molecule has 5 nitrogen and oxygen atoms in total. The van der Waals surface area contributed by atoms with Crippen LogP contribution in [0.2, 0.25) is 0 Å². The summed E-state index contributed by atoms with van der Waals surface area (Å²) in [5.41, 5.74) is 1.06. The van der Waals surface area contributed by atoms with E-state index in [1.807, 2.05) is 13.8 Å². The van der Waals surface area contributed by atoms with Crippen molar-refractivity contribution >= 4 is 5.91 Å². The lowest BCUT2D eigenvalue weighted by atomic mass is 10.0. The molecule has 0 aliphatic carbocycles. The van der Waals surface area contributed by atoms with E-state index in [2.05, 4.69) is 10.5 Å². The number of carbonyl (C=O) groups excluding carboxylic acids is 1. The predicted molar refractivity (Wildman–Crippen MR) is 59.3 cm³/mol. The molecule has 1 heterocycles. The number of nitrogens with one attached hydrogen (secondary N) is 1. The molecule has 0 saturated heterocycles. The Kier molecular flexibility index (Phi) is 4.06.